The minimum absolute atomic E-state index is 0.0761. The van der Waals surface area contributed by atoms with Crippen molar-refractivity contribution in [3.8, 4) is 5.75 Å². The van der Waals surface area contributed by atoms with Gasteiger partial charge in [-0.1, -0.05) is 12.1 Å². The lowest BCUT2D eigenvalue weighted by Crippen LogP contribution is -2.47. The number of rotatable bonds is 5. The summed E-state index contributed by atoms with van der Waals surface area (Å²) in [6, 6.07) is 5.60. The zero-order chi connectivity index (χ0) is 13.5. The van der Waals surface area contributed by atoms with Gasteiger partial charge >= 0.3 is 0 Å². The topological polar surface area (TPSA) is 78.1 Å². The Bertz CT molecular complexity index is 415. The minimum Gasteiger partial charge on any atom is -0.355 e. The molecule has 2 N–H and O–H groups in total. The second-order valence-corrected chi connectivity index (χ2v) is 4.00. The van der Waals surface area contributed by atoms with Gasteiger partial charge in [-0.05, 0) is 24.6 Å². The molecule has 1 atom stereocenters. The van der Waals surface area contributed by atoms with Crippen molar-refractivity contribution in [2.75, 3.05) is 6.54 Å². The Morgan fingerprint density at radius 2 is 1.83 bits per heavy atom. The first-order chi connectivity index (χ1) is 8.52. The highest BCUT2D eigenvalue weighted by Crippen LogP contribution is 2.12. The smallest absolute Gasteiger partial charge is 0.242 e. The zero-order valence-corrected chi connectivity index (χ0v) is 10.5. The lowest BCUT2D eigenvalue weighted by molar-refractivity contribution is -0.128. The molecular weight excluding hydrogens is 232 g/mol. The molecule has 0 spiro atoms. The zero-order valence-electron chi connectivity index (χ0n) is 10.5. The first-order valence-corrected chi connectivity index (χ1v) is 5.83. The van der Waals surface area contributed by atoms with Crippen molar-refractivity contribution >= 4 is 11.8 Å². The van der Waals surface area contributed by atoms with Crippen LogP contribution in [0.25, 0.3) is 0 Å². The van der Waals surface area contributed by atoms with Gasteiger partial charge in [0.1, 0.15) is 6.04 Å². The van der Waals surface area contributed by atoms with Crippen LogP contribution >= 0.6 is 0 Å². The molecule has 1 rings (SSSR count). The normalized spacial score (nSPS) is 11.7. The van der Waals surface area contributed by atoms with Gasteiger partial charge in [-0.15, -0.1) is 0 Å². The Morgan fingerprint density at radius 3 is 2.33 bits per heavy atom. The Kier molecular flexibility index (Phi) is 5.17. The molecule has 0 fully saturated rings. The highest BCUT2D eigenvalue weighted by Gasteiger charge is 2.19. The molecule has 0 bridgehead atoms. The van der Waals surface area contributed by atoms with Crippen LogP contribution in [0.15, 0.2) is 24.3 Å². The van der Waals surface area contributed by atoms with Gasteiger partial charge in [-0.3, -0.25) is 14.7 Å². The van der Waals surface area contributed by atoms with E-state index in [1.807, 2.05) is 6.92 Å². The molecule has 2 amide bonds. The summed E-state index contributed by atoms with van der Waals surface area (Å²) < 4.78 is 0. The van der Waals surface area contributed by atoms with E-state index in [-0.39, 0.29) is 17.6 Å². The Balaban J connectivity index is 2.74. The van der Waals surface area contributed by atoms with Gasteiger partial charge in [-0.25, -0.2) is 0 Å². The summed E-state index contributed by atoms with van der Waals surface area (Å²) in [6.07, 6.45) is 0.367. The van der Waals surface area contributed by atoms with Crippen molar-refractivity contribution in [2.45, 2.75) is 26.3 Å². The third kappa shape index (κ3) is 4.45. The minimum atomic E-state index is -0.611. The van der Waals surface area contributed by atoms with Crippen LogP contribution in [0.3, 0.4) is 0 Å². The number of hydrogen-bond donors (Lipinski definition) is 2. The number of nitrogens with one attached hydrogen (secondary N) is 2. The van der Waals surface area contributed by atoms with Crippen molar-refractivity contribution in [3.05, 3.63) is 29.8 Å². The molecule has 0 aliphatic rings. The van der Waals surface area contributed by atoms with Crippen LogP contribution in [0.5, 0.6) is 5.75 Å². The van der Waals surface area contributed by atoms with Gasteiger partial charge < -0.3 is 10.6 Å². The average Bonchev–Trinajstić information content (AvgIpc) is 2.31. The summed E-state index contributed by atoms with van der Waals surface area (Å²) in [5.41, 5.74) is 0.833. The fraction of sp³-hybridized carbons (Fsp3) is 0.385. The molecule has 97 valence electrons. The summed E-state index contributed by atoms with van der Waals surface area (Å²) in [5, 5.41) is 16.2. The molecule has 18 heavy (non-hydrogen) atoms. The lowest BCUT2D eigenvalue weighted by Gasteiger charge is -2.17. The maximum atomic E-state index is 11.8. The number of carbonyl (C=O) groups is 2. The van der Waals surface area contributed by atoms with Crippen LogP contribution in [0.1, 0.15) is 19.4 Å². The Hall–Kier alpha value is -2.04. The van der Waals surface area contributed by atoms with E-state index in [0.29, 0.717) is 13.0 Å². The van der Waals surface area contributed by atoms with Crippen LogP contribution in [0.4, 0.5) is 0 Å². The fourth-order valence-electron chi connectivity index (χ4n) is 1.61. The van der Waals surface area contributed by atoms with E-state index in [0.717, 1.165) is 5.56 Å². The maximum absolute atomic E-state index is 11.8. The van der Waals surface area contributed by atoms with E-state index in [1.165, 1.54) is 19.1 Å². The molecule has 1 aromatic carbocycles. The standard InChI is InChI=1S/C13H17N2O3/c1-3-14-13(18)12(15-9(2)16)8-10-4-6-11(17)7-5-10/h4-7,12H,3,8H2,1-2H3,(H,14,18)(H,15,16). The first kappa shape index (κ1) is 14.0. The number of amides is 2. The van der Waals surface area contributed by atoms with Crippen LogP contribution in [-0.4, -0.2) is 24.4 Å². The predicted octanol–water partition coefficient (Wildman–Crippen LogP) is 1.01. The molecule has 0 aliphatic heterocycles. The van der Waals surface area contributed by atoms with E-state index in [4.69, 9.17) is 0 Å². The molecule has 0 aliphatic carbocycles. The third-order valence-corrected chi connectivity index (χ3v) is 2.41. The highest BCUT2D eigenvalue weighted by molar-refractivity contribution is 5.87. The van der Waals surface area contributed by atoms with Crippen molar-refractivity contribution in [2.24, 2.45) is 0 Å². The summed E-state index contributed by atoms with van der Waals surface area (Å²) >= 11 is 0. The highest BCUT2D eigenvalue weighted by atomic mass is 16.3. The molecule has 5 heteroatoms. The number of benzene rings is 1. The van der Waals surface area contributed by atoms with E-state index < -0.39 is 6.04 Å². The molecule has 0 saturated heterocycles. The monoisotopic (exact) mass is 249 g/mol. The van der Waals surface area contributed by atoms with Crippen molar-refractivity contribution in [1.82, 2.24) is 10.6 Å². The largest absolute Gasteiger partial charge is 0.355 e. The third-order valence-electron chi connectivity index (χ3n) is 2.41. The maximum Gasteiger partial charge on any atom is 0.242 e. The van der Waals surface area contributed by atoms with E-state index in [9.17, 15) is 14.7 Å². The lowest BCUT2D eigenvalue weighted by atomic mass is 10.0. The van der Waals surface area contributed by atoms with Crippen molar-refractivity contribution in [3.63, 3.8) is 0 Å². The van der Waals surface area contributed by atoms with Gasteiger partial charge in [0.05, 0.1) is 0 Å². The Morgan fingerprint density at radius 1 is 1.22 bits per heavy atom. The van der Waals surface area contributed by atoms with E-state index in [2.05, 4.69) is 10.6 Å². The first-order valence-electron chi connectivity index (χ1n) is 5.83. The number of likely N-dealkylation sites (N-methyl/N-ethyl adjacent to an activating group) is 1. The summed E-state index contributed by atoms with van der Waals surface area (Å²) in [5.74, 6) is -0.557. The van der Waals surface area contributed by atoms with Crippen molar-refractivity contribution in [1.29, 1.82) is 0 Å². The van der Waals surface area contributed by atoms with Crippen molar-refractivity contribution < 1.29 is 14.7 Å². The molecule has 1 unspecified atom stereocenters. The summed E-state index contributed by atoms with van der Waals surface area (Å²) in [4.78, 5) is 22.8. The van der Waals surface area contributed by atoms with E-state index >= 15 is 0 Å². The van der Waals surface area contributed by atoms with Gasteiger partial charge in [0, 0.05) is 19.9 Å². The second-order valence-electron chi connectivity index (χ2n) is 4.00. The van der Waals surface area contributed by atoms with Crippen LogP contribution in [-0.2, 0) is 21.1 Å². The molecule has 5 nitrogen and oxygen atoms in total. The predicted molar refractivity (Wildman–Crippen MR) is 66.6 cm³/mol. The number of hydrogen-bond acceptors (Lipinski definition) is 2. The quantitative estimate of drug-likeness (QED) is 0.817. The van der Waals surface area contributed by atoms with Gasteiger partial charge in [0.15, 0.2) is 5.75 Å². The molecule has 0 heterocycles. The van der Waals surface area contributed by atoms with Gasteiger partial charge in [0.25, 0.3) is 0 Å². The van der Waals surface area contributed by atoms with Gasteiger partial charge in [-0.2, -0.15) is 0 Å². The Labute approximate surface area is 106 Å². The summed E-state index contributed by atoms with van der Waals surface area (Å²) in [6.45, 7) is 3.69. The van der Waals surface area contributed by atoms with Crippen LogP contribution in [0, 0.1) is 0 Å². The molecular formula is C13H17N2O3. The molecule has 0 aromatic heterocycles. The van der Waals surface area contributed by atoms with Gasteiger partial charge in [0.2, 0.25) is 11.8 Å². The molecule has 1 aromatic rings. The molecule has 1 radical (unpaired) electrons. The van der Waals surface area contributed by atoms with Crippen LogP contribution < -0.4 is 10.6 Å². The second kappa shape index (κ2) is 6.64. The number of carbonyl (C=O) groups excluding carboxylic acids is 2. The summed E-state index contributed by atoms with van der Waals surface area (Å²) in [7, 11) is 0. The van der Waals surface area contributed by atoms with Crippen LogP contribution in [0.2, 0.25) is 0 Å². The average molecular weight is 249 g/mol. The molecule has 0 saturated carbocycles. The van der Waals surface area contributed by atoms with E-state index in [1.54, 1.807) is 12.1 Å². The SMILES string of the molecule is CCNC(=O)C(Cc1ccc([O])cc1)NC(C)=O. The fourth-order valence-corrected chi connectivity index (χ4v) is 1.61.